The minimum absolute atomic E-state index is 0.0486. The van der Waals surface area contributed by atoms with Crippen molar-refractivity contribution in [1.29, 1.82) is 0 Å². The Kier molecular flexibility index (Phi) is 6.03. The van der Waals surface area contributed by atoms with Gasteiger partial charge in [0.25, 0.3) is 5.91 Å². The summed E-state index contributed by atoms with van der Waals surface area (Å²) in [7, 11) is 3.89. The number of H-pyrrole nitrogens is 1. The number of nitrogens with zero attached hydrogens (tertiary/aromatic N) is 1. The second-order valence-electron chi connectivity index (χ2n) is 6.39. The van der Waals surface area contributed by atoms with Gasteiger partial charge in [0.1, 0.15) is 5.69 Å². The first-order valence-electron chi connectivity index (χ1n) is 8.13. The van der Waals surface area contributed by atoms with E-state index in [9.17, 15) is 9.59 Å². The Morgan fingerprint density at radius 2 is 1.88 bits per heavy atom. The molecular formula is C19H24ClN3O2. The van der Waals surface area contributed by atoms with E-state index in [1.54, 1.807) is 13.8 Å². The molecule has 0 aliphatic carbocycles. The zero-order chi connectivity index (χ0) is 18.7. The van der Waals surface area contributed by atoms with Crippen LogP contribution in [0.4, 0.5) is 0 Å². The molecule has 5 nitrogen and oxygen atoms in total. The summed E-state index contributed by atoms with van der Waals surface area (Å²) < 4.78 is 0. The minimum atomic E-state index is -0.230. The van der Waals surface area contributed by atoms with Crippen molar-refractivity contribution in [2.24, 2.45) is 0 Å². The molecule has 0 fully saturated rings. The van der Waals surface area contributed by atoms with E-state index in [0.717, 1.165) is 5.56 Å². The number of hydrogen-bond donors (Lipinski definition) is 2. The number of halogens is 1. The number of likely N-dealkylation sites (N-methyl/N-ethyl adjacent to an activating group) is 1. The summed E-state index contributed by atoms with van der Waals surface area (Å²) in [6.07, 6.45) is 0. The number of Topliss-reactive ketones (excluding diaryl/α,β-unsaturated/α-hetero) is 1. The van der Waals surface area contributed by atoms with Crippen LogP contribution >= 0.6 is 11.6 Å². The van der Waals surface area contributed by atoms with Gasteiger partial charge in [0.05, 0.1) is 6.04 Å². The molecule has 0 saturated carbocycles. The van der Waals surface area contributed by atoms with Gasteiger partial charge in [0.2, 0.25) is 0 Å². The minimum Gasteiger partial charge on any atom is -0.354 e. The fraction of sp³-hybridized carbons (Fsp3) is 0.368. The van der Waals surface area contributed by atoms with Crippen molar-refractivity contribution in [1.82, 2.24) is 15.2 Å². The molecule has 2 N–H and O–H groups in total. The van der Waals surface area contributed by atoms with E-state index in [2.05, 4.69) is 10.3 Å². The zero-order valence-electron chi connectivity index (χ0n) is 15.2. The summed E-state index contributed by atoms with van der Waals surface area (Å²) in [6, 6.07) is 7.55. The van der Waals surface area contributed by atoms with Crippen molar-refractivity contribution in [3.63, 3.8) is 0 Å². The normalized spacial score (nSPS) is 12.3. The highest BCUT2D eigenvalue weighted by Crippen LogP contribution is 2.25. The third kappa shape index (κ3) is 4.11. The number of hydrogen-bond acceptors (Lipinski definition) is 3. The van der Waals surface area contributed by atoms with E-state index < -0.39 is 0 Å². The molecule has 1 aromatic heterocycles. The highest BCUT2D eigenvalue weighted by Gasteiger charge is 2.22. The van der Waals surface area contributed by atoms with Gasteiger partial charge < -0.3 is 15.2 Å². The van der Waals surface area contributed by atoms with Crippen LogP contribution in [0, 0.1) is 13.8 Å². The average Bonchev–Trinajstić information content (AvgIpc) is 2.83. The molecule has 0 radical (unpaired) electrons. The lowest BCUT2D eigenvalue weighted by atomic mass is 10.1. The number of aryl methyl sites for hydroxylation is 1. The summed E-state index contributed by atoms with van der Waals surface area (Å²) in [5.41, 5.74) is 3.37. The summed E-state index contributed by atoms with van der Waals surface area (Å²) in [4.78, 5) is 29.4. The molecular weight excluding hydrogens is 338 g/mol. The van der Waals surface area contributed by atoms with Crippen molar-refractivity contribution >= 4 is 23.3 Å². The lowest BCUT2D eigenvalue weighted by molar-refractivity contribution is 0.0936. The van der Waals surface area contributed by atoms with Crippen molar-refractivity contribution in [3.05, 3.63) is 57.4 Å². The van der Waals surface area contributed by atoms with Crippen LogP contribution in [0.5, 0.6) is 0 Å². The largest absolute Gasteiger partial charge is 0.354 e. The van der Waals surface area contributed by atoms with Crippen molar-refractivity contribution in [3.8, 4) is 0 Å². The molecule has 25 heavy (non-hydrogen) atoms. The fourth-order valence-electron chi connectivity index (χ4n) is 3.10. The predicted molar refractivity (Wildman–Crippen MR) is 100 cm³/mol. The van der Waals surface area contributed by atoms with E-state index in [4.69, 9.17) is 11.6 Å². The molecule has 1 amide bonds. The molecule has 1 unspecified atom stereocenters. The van der Waals surface area contributed by atoms with Crippen LogP contribution in [-0.4, -0.2) is 42.2 Å². The van der Waals surface area contributed by atoms with Gasteiger partial charge in [-0.25, -0.2) is 0 Å². The maximum absolute atomic E-state index is 12.6. The molecule has 0 spiro atoms. The highest BCUT2D eigenvalue weighted by molar-refractivity contribution is 6.31. The third-order valence-corrected chi connectivity index (χ3v) is 4.70. The topological polar surface area (TPSA) is 65.2 Å². The number of carbonyl (C=O) groups excluding carboxylic acids is 2. The van der Waals surface area contributed by atoms with E-state index in [0.29, 0.717) is 34.1 Å². The Bertz CT molecular complexity index is 796. The number of benzene rings is 1. The molecule has 2 aromatic rings. The highest BCUT2D eigenvalue weighted by atomic mass is 35.5. The van der Waals surface area contributed by atoms with Crippen LogP contribution in [0.1, 0.15) is 50.6 Å². The molecule has 134 valence electrons. The summed E-state index contributed by atoms with van der Waals surface area (Å²) in [5, 5.41) is 3.61. The number of aromatic amines is 1. The lowest BCUT2D eigenvalue weighted by Gasteiger charge is -2.26. The molecule has 0 saturated heterocycles. The van der Waals surface area contributed by atoms with E-state index in [1.807, 2.05) is 43.3 Å². The number of aromatic nitrogens is 1. The first kappa shape index (κ1) is 19.2. The maximum Gasteiger partial charge on any atom is 0.268 e. The zero-order valence-corrected chi connectivity index (χ0v) is 16.0. The Balaban J connectivity index is 2.19. The molecule has 6 heteroatoms. The second-order valence-corrected chi connectivity index (χ2v) is 6.80. The summed E-state index contributed by atoms with van der Waals surface area (Å²) in [5.74, 6) is -0.278. The smallest absolute Gasteiger partial charge is 0.268 e. The monoisotopic (exact) mass is 361 g/mol. The SMILES string of the molecule is CC(=O)c1c(C)[nH]c(C(=O)NCC(c2ccccc2Cl)N(C)C)c1C. The number of amides is 1. The molecule has 0 aliphatic rings. The molecule has 0 aliphatic heterocycles. The van der Waals surface area contributed by atoms with Gasteiger partial charge in [-0.1, -0.05) is 29.8 Å². The predicted octanol–water partition coefficient (Wildman–Crippen LogP) is 3.52. The van der Waals surface area contributed by atoms with Crippen LogP contribution in [-0.2, 0) is 0 Å². The van der Waals surface area contributed by atoms with Crippen LogP contribution < -0.4 is 5.32 Å². The standard InChI is InChI=1S/C19H24ClN3O2/c1-11-17(13(3)24)12(2)22-18(11)19(25)21-10-16(23(4)5)14-8-6-7-9-15(14)20/h6-9,16,22H,10H2,1-5H3,(H,21,25). The Labute approximate surface area is 153 Å². The quantitative estimate of drug-likeness (QED) is 0.774. The van der Waals surface area contributed by atoms with Crippen LogP contribution in [0.3, 0.4) is 0 Å². The molecule has 1 heterocycles. The summed E-state index contributed by atoms with van der Waals surface area (Å²) >= 11 is 6.30. The van der Waals surface area contributed by atoms with Crippen molar-refractivity contribution in [2.45, 2.75) is 26.8 Å². The van der Waals surface area contributed by atoms with E-state index in [1.165, 1.54) is 6.92 Å². The van der Waals surface area contributed by atoms with Crippen molar-refractivity contribution in [2.75, 3.05) is 20.6 Å². The molecule has 2 rings (SSSR count). The Morgan fingerprint density at radius 1 is 1.24 bits per heavy atom. The lowest BCUT2D eigenvalue weighted by Crippen LogP contribution is -2.35. The number of nitrogens with one attached hydrogen (secondary N) is 2. The summed E-state index contributed by atoms with van der Waals surface area (Å²) in [6.45, 7) is 5.49. The first-order valence-corrected chi connectivity index (χ1v) is 8.51. The Morgan fingerprint density at radius 3 is 2.40 bits per heavy atom. The van der Waals surface area contributed by atoms with Gasteiger partial charge in [0.15, 0.2) is 5.78 Å². The maximum atomic E-state index is 12.6. The fourth-order valence-corrected chi connectivity index (χ4v) is 3.36. The van der Waals surface area contributed by atoms with Gasteiger partial charge in [-0.15, -0.1) is 0 Å². The van der Waals surface area contributed by atoms with Crippen LogP contribution in [0.15, 0.2) is 24.3 Å². The second kappa shape index (κ2) is 7.85. The van der Waals surface area contributed by atoms with Gasteiger partial charge in [-0.05, 0) is 52.1 Å². The molecule has 0 bridgehead atoms. The average molecular weight is 362 g/mol. The first-order chi connectivity index (χ1) is 11.7. The van der Waals surface area contributed by atoms with Crippen molar-refractivity contribution < 1.29 is 9.59 Å². The van der Waals surface area contributed by atoms with Gasteiger partial charge in [0, 0.05) is 22.8 Å². The van der Waals surface area contributed by atoms with E-state index in [-0.39, 0.29) is 17.7 Å². The third-order valence-electron chi connectivity index (χ3n) is 4.36. The number of rotatable bonds is 6. The van der Waals surface area contributed by atoms with Gasteiger partial charge >= 0.3 is 0 Å². The van der Waals surface area contributed by atoms with Gasteiger partial charge in [-0.3, -0.25) is 9.59 Å². The number of ketones is 1. The van der Waals surface area contributed by atoms with Gasteiger partial charge in [-0.2, -0.15) is 0 Å². The Hall–Kier alpha value is -2.11. The van der Waals surface area contributed by atoms with E-state index >= 15 is 0 Å². The number of carbonyl (C=O) groups is 2. The molecule has 1 atom stereocenters. The molecule has 1 aromatic carbocycles. The van der Waals surface area contributed by atoms with Crippen LogP contribution in [0.2, 0.25) is 5.02 Å². The van der Waals surface area contributed by atoms with Crippen LogP contribution in [0.25, 0.3) is 0 Å².